The Bertz CT molecular complexity index is 417. The van der Waals surface area contributed by atoms with Crippen LogP contribution in [0.3, 0.4) is 0 Å². The Balaban J connectivity index is 2.10. The van der Waals surface area contributed by atoms with Crippen LogP contribution in [0.1, 0.15) is 51.5 Å². The van der Waals surface area contributed by atoms with E-state index in [4.69, 9.17) is 17.3 Å². The van der Waals surface area contributed by atoms with E-state index in [1.54, 1.807) is 12.4 Å². The quantitative estimate of drug-likeness (QED) is 0.823. The molecular weight excluding hydrogens is 244 g/mol. The summed E-state index contributed by atoms with van der Waals surface area (Å²) in [4.78, 5) is 4.03. The van der Waals surface area contributed by atoms with Crippen LogP contribution >= 0.6 is 11.6 Å². The molecule has 1 heterocycles. The highest BCUT2D eigenvalue weighted by atomic mass is 35.5. The van der Waals surface area contributed by atoms with Crippen molar-refractivity contribution in [3.63, 3.8) is 0 Å². The van der Waals surface area contributed by atoms with E-state index in [0.29, 0.717) is 5.41 Å². The highest BCUT2D eigenvalue weighted by molar-refractivity contribution is 6.31. The number of hydrogen-bond acceptors (Lipinski definition) is 2. The van der Waals surface area contributed by atoms with E-state index >= 15 is 0 Å². The maximum atomic E-state index is 6.60. The molecule has 0 radical (unpaired) electrons. The molecule has 2 rings (SSSR count). The molecular formula is C15H23ClN2. The number of nitrogens with two attached hydrogens (primary N) is 1. The second-order valence-electron chi connectivity index (χ2n) is 6.52. The highest BCUT2D eigenvalue weighted by Crippen LogP contribution is 2.38. The Labute approximate surface area is 115 Å². The van der Waals surface area contributed by atoms with Gasteiger partial charge in [0.05, 0.1) is 5.02 Å². The van der Waals surface area contributed by atoms with Gasteiger partial charge in [0, 0.05) is 17.9 Å². The molecule has 1 saturated carbocycles. The predicted molar refractivity (Wildman–Crippen MR) is 76.7 cm³/mol. The van der Waals surface area contributed by atoms with Crippen molar-refractivity contribution in [2.24, 2.45) is 11.1 Å². The average molecular weight is 267 g/mol. The minimum atomic E-state index is -0.0984. The fourth-order valence-electron chi connectivity index (χ4n) is 2.86. The first-order valence-electron chi connectivity index (χ1n) is 6.78. The number of aromatic nitrogens is 1. The number of rotatable bonds is 2. The van der Waals surface area contributed by atoms with Crippen molar-refractivity contribution in [1.82, 2.24) is 4.98 Å². The summed E-state index contributed by atoms with van der Waals surface area (Å²) in [5.41, 5.74) is 8.07. The van der Waals surface area contributed by atoms with Gasteiger partial charge in [-0.25, -0.2) is 0 Å². The van der Waals surface area contributed by atoms with Crippen LogP contribution in [-0.2, 0) is 6.42 Å². The molecule has 2 N–H and O–H groups in total. The summed E-state index contributed by atoms with van der Waals surface area (Å²) in [7, 11) is 0. The van der Waals surface area contributed by atoms with Gasteiger partial charge in [0.2, 0.25) is 0 Å². The Morgan fingerprint density at radius 3 is 2.78 bits per heavy atom. The van der Waals surface area contributed by atoms with E-state index in [1.165, 1.54) is 19.3 Å². The smallest absolute Gasteiger partial charge is 0.0621 e. The van der Waals surface area contributed by atoms with Crippen LogP contribution in [0.4, 0.5) is 0 Å². The molecule has 100 valence electrons. The molecule has 0 amide bonds. The van der Waals surface area contributed by atoms with E-state index in [-0.39, 0.29) is 5.54 Å². The average Bonchev–Trinajstić information content (AvgIpc) is 2.42. The zero-order chi connectivity index (χ0) is 13.2. The van der Waals surface area contributed by atoms with Crippen molar-refractivity contribution in [2.45, 2.75) is 57.9 Å². The summed E-state index contributed by atoms with van der Waals surface area (Å²) in [5, 5.41) is 0.742. The number of hydrogen-bond donors (Lipinski definition) is 1. The van der Waals surface area contributed by atoms with Gasteiger partial charge in [-0.2, -0.15) is 0 Å². The summed E-state index contributed by atoms with van der Waals surface area (Å²) < 4.78 is 0. The van der Waals surface area contributed by atoms with E-state index in [1.807, 2.05) is 6.07 Å². The molecule has 1 atom stereocenters. The third-order valence-electron chi connectivity index (χ3n) is 4.23. The van der Waals surface area contributed by atoms with Crippen LogP contribution in [0.15, 0.2) is 18.5 Å². The molecule has 2 nitrogen and oxygen atoms in total. The molecule has 1 aromatic rings. The van der Waals surface area contributed by atoms with Crippen molar-refractivity contribution in [2.75, 3.05) is 0 Å². The molecule has 0 bridgehead atoms. The van der Waals surface area contributed by atoms with Gasteiger partial charge < -0.3 is 5.73 Å². The number of halogens is 1. The zero-order valence-corrected chi connectivity index (χ0v) is 12.1. The standard InChI is InChI=1S/C15H23ClN2/c1-14(2)5-3-6-15(17,8-7-14)10-12-4-9-18-11-13(12)16/h4,9,11H,3,5-8,10,17H2,1-2H3. The maximum Gasteiger partial charge on any atom is 0.0621 e. The van der Waals surface area contributed by atoms with Crippen molar-refractivity contribution in [1.29, 1.82) is 0 Å². The zero-order valence-electron chi connectivity index (χ0n) is 11.4. The van der Waals surface area contributed by atoms with Crippen LogP contribution in [-0.4, -0.2) is 10.5 Å². The summed E-state index contributed by atoms with van der Waals surface area (Å²) in [6.07, 6.45) is 10.2. The summed E-state index contributed by atoms with van der Waals surface area (Å²) in [5.74, 6) is 0. The first kappa shape index (κ1) is 13.8. The van der Waals surface area contributed by atoms with Crippen LogP contribution in [0.25, 0.3) is 0 Å². The topological polar surface area (TPSA) is 38.9 Å². The van der Waals surface area contributed by atoms with Crippen LogP contribution in [0.2, 0.25) is 5.02 Å². The molecule has 0 aromatic carbocycles. The third kappa shape index (κ3) is 3.46. The second kappa shape index (κ2) is 5.18. The Morgan fingerprint density at radius 2 is 2.06 bits per heavy atom. The largest absolute Gasteiger partial charge is 0.325 e. The van der Waals surface area contributed by atoms with Crippen molar-refractivity contribution in [3.05, 3.63) is 29.0 Å². The second-order valence-corrected chi connectivity index (χ2v) is 6.93. The van der Waals surface area contributed by atoms with Crippen LogP contribution < -0.4 is 5.73 Å². The molecule has 1 unspecified atom stereocenters. The molecule has 1 aromatic heterocycles. The molecule has 1 aliphatic rings. The van der Waals surface area contributed by atoms with Gasteiger partial charge in [0.25, 0.3) is 0 Å². The lowest BCUT2D eigenvalue weighted by molar-refractivity contribution is 0.297. The van der Waals surface area contributed by atoms with E-state index in [9.17, 15) is 0 Å². The normalized spacial score (nSPS) is 27.8. The van der Waals surface area contributed by atoms with Gasteiger partial charge in [-0.1, -0.05) is 31.9 Å². The van der Waals surface area contributed by atoms with Gasteiger partial charge >= 0.3 is 0 Å². The van der Waals surface area contributed by atoms with Gasteiger partial charge in [-0.3, -0.25) is 4.98 Å². The van der Waals surface area contributed by atoms with Gasteiger partial charge in [0.15, 0.2) is 0 Å². The molecule has 3 heteroatoms. The molecule has 1 fully saturated rings. The minimum Gasteiger partial charge on any atom is -0.325 e. The van der Waals surface area contributed by atoms with Crippen molar-refractivity contribution in [3.8, 4) is 0 Å². The molecule has 0 saturated heterocycles. The van der Waals surface area contributed by atoms with Gasteiger partial charge in [-0.15, -0.1) is 0 Å². The van der Waals surface area contributed by atoms with Crippen LogP contribution in [0.5, 0.6) is 0 Å². The molecule has 1 aliphatic carbocycles. The van der Waals surface area contributed by atoms with Crippen molar-refractivity contribution < 1.29 is 0 Å². The Kier molecular flexibility index (Phi) is 3.98. The summed E-state index contributed by atoms with van der Waals surface area (Å²) >= 11 is 6.18. The lowest BCUT2D eigenvalue weighted by Crippen LogP contribution is -2.41. The van der Waals surface area contributed by atoms with E-state index < -0.39 is 0 Å². The first-order valence-corrected chi connectivity index (χ1v) is 7.15. The van der Waals surface area contributed by atoms with Crippen LogP contribution in [0, 0.1) is 5.41 Å². The summed E-state index contributed by atoms with van der Waals surface area (Å²) in [6, 6.07) is 1.99. The fourth-order valence-corrected chi connectivity index (χ4v) is 3.05. The molecule has 18 heavy (non-hydrogen) atoms. The van der Waals surface area contributed by atoms with E-state index in [2.05, 4.69) is 18.8 Å². The third-order valence-corrected chi connectivity index (χ3v) is 4.57. The number of nitrogens with zero attached hydrogens (tertiary/aromatic N) is 1. The fraction of sp³-hybridized carbons (Fsp3) is 0.667. The van der Waals surface area contributed by atoms with Gasteiger partial charge in [-0.05, 0) is 49.1 Å². The van der Waals surface area contributed by atoms with Gasteiger partial charge in [0.1, 0.15) is 0 Å². The lowest BCUT2D eigenvalue weighted by Gasteiger charge is -2.29. The van der Waals surface area contributed by atoms with Crippen molar-refractivity contribution >= 4 is 11.6 Å². The molecule has 0 spiro atoms. The predicted octanol–water partition coefficient (Wildman–Crippen LogP) is 3.97. The SMILES string of the molecule is CC1(C)CCCC(N)(Cc2ccncc2Cl)CC1. The first-order chi connectivity index (χ1) is 8.40. The Morgan fingerprint density at radius 1 is 1.28 bits per heavy atom. The molecule has 0 aliphatic heterocycles. The van der Waals surface area contributed by atoms with E-state index in [0.717, 1.165) is 29.8 Å². The number of pyridine rings is 1. The minimum absolute atomic E-state index is 0.0984. The monoisotopic (exact) mass is 266 g/mol. The lowest BCUT2D eigenvalue weighted by atomic mass is 9.82. The maximum absolute atomic E-state index is 6.60. The Hall–Kier alpha value is -0.600. The summed E-state index contributed by atoms with van der Waals surface area (Å²) in [6.45, 7) is 4.69. The highest BCUT2D eigenvalue weighted by Gasteiger charge is 2.32.